The van der Waals surface area contributed by atoms with Crippen LogP contribution in [-0.2, 0) is 10.1 Å². The third-order valence-corrected chi connectivity index (χ3v) is 5.44. The number of halogens is 4. The molecule has 1 rings (SSSR count). The van der Waals surface area contributed by atoms with E-state index in [1.807, 2.05) is 19.6 Å². The minimum Gasteiger partial charge on any atom is -0.376 e. The van der Waals surface area contributed by atoms with E-state index in [4.69, 9.17) is 11.6 Å². The Balaban J connectivity index is 3.31. The second-order valence-corrected chi connectivity index (χ2v) is 11.9. The van der Waals surface area contributed by atoms with Crippen LogP contribution >= 0.6 is 11.6 Å². The van der Waals surface area contributed by atoms with Crippen LogP contribution in [0.25, 0.3) is 0 Å². The van der Waals surface area contributed by atoms with Gasteiger partial charge in [-0.1, -0.05) is 31.2 Å². The van der Waals surface area contributed by atoms with Crippen molar-refractivity contribution < 1.29 is 25.8 Å². The summed E-state index contributed by atoms with van der Waals surface area (Å²) in [5.41, 5.74) is -5.46. The van der Waals surface area contributed by atoms with Crippen molar-refractivity contribution in [3.8, 4) is 5.75 Å². The van der Waals surface area contributed by atoms with Gasteiger partial charge in [0.15, 0.2) is 0 Å². The highest BCUT2D eigenvalue weighted by Gasteiger charge is 2.49. The van der Waals surface area contributed by atoms with Crippen LogP contribution in [0, 0.1) is 0 Å². The van der Waals surface area contributed by atoms with Crippen molar-refractivity contribution in [3.05, 3.63) is 23.2 Å². The number of benzene rings is 1. The molecule has 3 nitrogen and oxygen atoms in total. The molecule has 0 saturated heterocycles. The normalized spacial score (nSPS) is 13.4. The van der Waals surface area contributed by atoms with Gasteiger partial charge < -0.3 is 4.18 Å². The highest BCUT2D eigenvalue weighted by Crippen LogP contribution is 2.28. The molecule has 0 N–H and O–H groups in total. The Hall–Kier alpha value is -0.733. The summed E-state index contributed by atoms with van der Waals surface area (Å²) < 4.78 is 63.1. The Morgan fingerprint density at radius 1 is 1.21 bits per heavy atom. The van der Waals surface area contributed by atoms with Gasteiger partial charge in [-0.15, -0.1) is 0 Å². The molecule has 0 saturated carbocycles. The quantitative estimate of drug-likeness (QED) is 0.485. The van der Waals surface area contributed by atoms with Gasteiger partial charge in [-0.2, -0.15) is 21.6 Å². The van der Waals surface area contributed by atoms with Crippen molar-refractivity contribution in [2.75, 3.05) is 0 Å². The molecule has 0 heterocycles. The summed E-state index contributed by atoms with van der Waals surface area (Å²) in [4.78, 5) is 0. The van der Waals surface area contributed by atoms with Crippen LogP contribution in [0.2, 0.25) is 24.7 Å². The molecular formula is C10H12ClF3O3SSi. The molecule has 9 heteroatoms. The predicted octanol–water partition coefficient (Wildman–Crippen LogP) is 3.11. The summed E-state index contributed by atoms with van der Waals surface area (Å²) in [7, 11) is -7.78. The van der Waals surface area contributed by atoms with Crippen molar-refractivity contribution in [1.29, 1.82) is 0 Å². The van der Waals surface area contributed by atoms with Crippen LogP contribution in [-0.4, -0.2) is 22.0 Å². The molecule has 1 aromatic rings. The fourth-order valence-corrected chi connectivity index (χ4v) is 3.60. The molecule has 0 bridgehead atoms. The number of alkyl halides is 3. The molecule has 0 aliphatic rings. The van der Waals surface area contributed by atoms with Crippen molar-refractivity contribution in [1.82, 2.24) is 0 Å². The van der Waals surface area contributed by atoms with E-state index in [2.05, 4.69) is 4.18 Å². The Morgan fingerprint density at radius 2 is 1.74 bits per heavy atom. The van der Waals surface area contributed by atoms with Gasteiger partial charge in [0, 0.05) is 5.02 Å². The average molecular weight is 333 g/mol. The Kier molecular flexibility index (Phi) is 4.28. The lowest BCUT2D eigenvalue weighted by atomic mass is 10.3. The Morgan fingerprint density at radius 3 is 2.16 bits per heavy atom. The van der Waals surface area contributed by atoms with Gasteiger partial charge in [-0.05, 0) is 23.4 Å². The lowest BCUT2D eigenvalue weighted by molar-refractivity contribution is -0.0499. The molecule has 0 spiro atoms. The molecule has 0 amide bonds. The fraction of sp³-hybridized carbons (Fsp3) is 0.400. The van der Waals surface area contributed by atoms with E-state index in [1.54, 1.807) is 0 Å². The lowest BCUT2D eigenvalue weighted by Gasteiger charge is -2.21. The molecule has 0 aromatic heterocycles. The minimum atomic E-state index is -5.67. The molecule has 0 unspecified atom stereocenters. The number of hydrogen-bond donors (Lipinski definition) is 0. The summed E-state index contributed by atoms with van der Waals surface area (Å²) in [5.74, 6) is -0.319. The van der Waals surface area contributed by atoms with Crippen molar-refractivity contribution in [2.45, 2.75) is 25.1 Å². The minimum absolute atomic E-state index is 0.314. The predicted molar refractivity (Wildman–Crippen MR) is 70.0 cm³/mol. The second kappa shape index (κ2) is 4.99. The highest BCUT2D eigenvalue weighted by atomic mass is 35.5. The fourth-order valence-electron chi connectivity index (χ4n) is 1.33. The summed E-state index contributed by atoms with van der Waals surface area (Å²) in [6.07, 6.45) is 0. The maximum atomic E-state index is 12.3. The van der Waals surface area contributed by atoms with Gasteiger partial charge >= 0.3 is 15.6 Å². The van der Waals surface area contributed by atoms with E-state index in [0.717, 1.165) is 6.07 Å². The summed E-state index contributed by atoms with van der Waals surface area (Å²) in [6.45, 7) is 5.52. The molecule has 0 aliphatic carbocycles. The zero-order valence-electron chi connectivity index (χ0n) is 10.4. The monoisotopic (exact) mass is 332 g/mol. The van der Waals surface area contributed by atoms with E-state index in [0.29, 0.717) is 10.2 Å². The molecule has 108 valence electrons. The third kappa shape index (κ3) is 3.87. The van der Waals surface area contributed by atoms with Gasteiger partial charge in [0.25, 0.3) is 0 Å². The molecule has 0 radical (unpaired) electrons. The van der Waals surface area contributed by atoms with Crippen LogP contribution in [0.4, 0.5) is 13.2 Å². The first-order valence-corrected chi connectivity index (χ1v) is 10.4. The largest absolute Gasteiger partial charge is 0.534 e. The van der Waals surface area contributed by atoms with Crippen LogP contribution in [0.1, 0.15) is 0 Å². The van der Waals surface area contributed by atoms with E-state index >= 15 is 0 Å². The van der Waals surface area contributed by atoms with Crippen molar-refractivity contribution >= 4 is 35.0 Å². The molecule has 0 aliphatic heterocycles. The van der Waals surface area contributed by atoms with Gasteiger partial charge in [-0.3, -0.25) is 0 Å². The van der Waals surface area contributed by atoms with E-state index in [9.17, 15) is 21.6 Å². The van der Waals surface area contributed by atoms with Crippen molar-refractivity contribution in [3.63, 3.8) is 0 Å². The van der Waals surface area contributed by atoms with E-state index in [-0.39, 0.29) is 5.75 Å². The van der Waals surface area contributed by atoms with Gasteiger partial charge in [-0.25, -0.2) is 0 Å². The van der Waals surface area contributed by atoms with Gasteiger partial charge in [0.05, 0.1) is 8.07 Å². The highest BCUT2D eigenvalue weighted by molar-refractivity contribution is 7.88. The Bertz CT molecular complexity index is 579. The standard InChI is InChI=1S/C10H12ClF3O3SSi/c1-19(2,3)9-6-7(11)4-5-8(9)17-18(15,16)10(12,13)14/h4-6H,1-3H3. The SMILES string of the molecule is C[Si](C)(C)c1cc(Cl)ccc1OS(=O)(=O)C(F)(F)F. The zero-order chi connectivity index (χ0) is 15.1. The molecule has 1 aromatic carbocycles. The maximum absolute atomic E-state index is 12.3. The average Bonchev–Trinajstić information content (AvgIpc) is 2.17. The molecule has 0 fully saturated rings. The smallest absolute Gasteiger partial charge is 0.376 e. The molecule has 0 atom stereocenters. The summed E-state index contributed by atoms with van der Waals surface area (Å²) in [6, 6.07) is 3.86. The van der Waals surface area contributed by atoms with Crippen LogP contribution in [0.3, 0.4) is 0 Å². The van der Waals surface area contributed by atoms with Crippen LogP contribution in [0.5, 0.6) is 5.75 Å². The first kappa shape index (κ1) is 16.3. The second-order valence-electron chi connectivity index (χ2n) is 4.87. The van der Waals surface area contributed by atoms with E-state index in [1.165, 1.54) is 12.1 Å². The van der Waals surface area contributed by atoms with Gasteiger partial charge in [0.1, 0.15) is 5.75 Å². The first-order valence-electron chi connectivity index (χ1n) is 5.15. The zero-order valence-corrected chi connectivity index (χ0v) is 12.9. The first-order chi connectivity index (χ1) is 8.34. The van der Waals surface area contributed by atoms with Crippen LogP contribution < -0.4 is 9.37 Å². The number of hydrogen-bond acceptors (Lipinski definition) is 3. The van der Waals surface area contributed by atoms with Crippen LogP contribution in [0.15, 0.2) is 18.2 Å². The summed E-state index contributed by atoms with van der Waals surface area (Å²) >= 11 is 5.78. The van der Waals surface area contributed by atoms with Crippen molar-refractivity contribution in [2.24, 2.45) is 0 Å². The number of rotatable bonds is 3. The molecular weight excluding hydrogens is 321 g/mol. The lowest BCUT2D eigenvalue weighted by Crippen LogP contribution is -2.40. The van der Waals surface area contributed by atoms with E-state index < -0.39 is 23.7 Å². The van der Waals surface area contributed by atoms with Gasteiger partial charge in [0.2, 0.25) is 0 Å². The molecule has 19 heavy (non-hydrogen) atoms. The Labute approximate surface area is 115 Å². The summed E-state index contributed by atoms with van der Waals surface area (Å²) in [5, 5.41) is 0.724. The maximum Gasteiger partial charge on any atom is 0.534 e. The third-order valence-electron chi connectivity index (χ3n) is 2.23. The topological polar surface area (TPSA) is 43.4 Å².